The Morgan fingerprint density at radius 3 is 2.42 bits per heavy atom. The summed E-state index contributed by atoms with van der Waals surface area (Å²) in [6, 6.07) is 19.2. The molecule has 24 heavy (non-hydrogen) atoms. The average Bonchev–Trinajstić information content (AvgIpc) is 3.06. The molecule has 0 radical (unpaired) electrons. The largest absolute Gasteiger partial charge is 0.455 e. The van der Waals surface area contributed by atoms with Crippen molar-refractivity contribution in [3.63, 3.8) is 0 Å². The van der Waals surface area contributed by atoms with Crippen LogP contribution in [0.2, 0.25) is 0 Å². The van der Waals surface area contributed by atoms with Crippen LogP contribution in [-0.4, -0.2) is 10.9 Å². The van der Waals surface area contributed by atoms with Gasteiger partial charge in [0.25, 0.3) is 5.91 Å². The Balaban J connectivity index is 1.75. The van der Waals surface area contributed by atoms with Crippen molar-refractivity contribution in [3.8, 4) is 22.5 Å². The highest BCUT2D eigenvalue weighted by atomic mass is 16.3. The summed E-state index contributed by atoms with van der Waals surface area (Å²) in [7, 11) is 0. The van der Waals surface area contributed by atoms with Crippen LogP contribution >= 0.6 is 0 Å². The first-order valence-electron chi connectivity index (χ1n) is 7.55. The zero-order valence-corrected chi connectivity index (χ0v) is 12.8. The lowest BCUT2D eigenvalue weighted by molar-refractivity contribution is 0.100. The van der Waals surface area contributed by atoms with Gasteiger partial charge in [0.15, 0.2) is 0 Å². The molecule has 0 bridgehead atoms. The fraction of sp³-hybridized carbons (Fsp3) is 0. The molecule has 0 aliphatic rings. The summed E-state index contributed by atoms with van der Waals surface area (Å²) in [5, 5.41) is 0.859. The van der Waals surface area contributed by atoms with Gasteiger partial charge in [-0.2, -0.15) is 0 Å². The van der Waals surface area contributed by atoms with Gasteiger partial charge in [-0.05, 0) is 29.3 Å². The number of pyridine rings is 1. The number of nitrogens with two attached hydrogens (primary N) is 1. The molecule has 4 heteroatoms. The number of benzene rings is 2. The molecule has 2 N–H and O–H groups in total. The number of fused-ring (bicyclic) bond motifs is 1. The maximum absolute atomic E-state index is 11.5. The second kappa shape index (κ2) is 5.66. The molecule has 2 aromatic heterocycles. The highest BCUT2D eigenvalue weighted by molar-refractivity contribution is 6.04. The SMILES string of the molecule is NC(=O)c1cccc2cc(-c3ccc(-c4cccnc4)cc3)oc12. The van der Waals surface area contributed by atoms with Crippen LogP contribution in [0.4, 0.5) is 0 Å². The molecule has 0 saturated heterocycles. The standard InChI is InChI=1S/C20H14N2O2/c21-20(23)17-5-1-3-15-11-18(24-19(15)17)14-8-6-13(7-9-14)16-4-2-10-22-12-16/h1-12H,(H2,21,23). The van der Waals surface area contributed by atoms with E-state index in [0.29, 0.717) is 16.9 Å². The lowest BCUT2D eigenvalue weighted by Gasteiger charge is -2.02. The van der Waals surface area contributed by atoms with Crippen LogP contribution in [0.3, 0.4) is 0 Å². The zero-order valence-electron chi connectivity index (χ0n) is 12.8. The molecule has 2 heterocycles. The monoisotopic (exact) mass is 314 g/mol. The van der Waals surface area contributed by atoms with Gasteiger partial charge in [-0.25, -0.2) is 0 Å². The first kappa shape index (κ1) is 14.2. The first-order valence-corrected chi connectivity index (χ1v) is 7.55. The van der Waals surface area contributed by atoms with Crippen molar-refractivity contribution in [1.82, 2.24) is 4.98 Å². The van der Waals surface area contributed by atoms with Crippen molar-refractivity contribution in [3.05, 3.63) is 78.6 Å². The summed E-state index contributed by atoms with van der Waals surface area (Å²) in [6.07, 6.45) is 3.58. The predicted molar refractivity (Wildman–Crippen MR) is 93.4 cm³/mol. The molecule has 0 saturated carbocycles. The smallest absolute Gasteiger partial charge is 0.252 e. The van der Waals surface area contributed by atoms with E-state index in [4.69, 9.17) is 10.2 Å². The van der Waals surface area contributed by atoms with E-state index in [0.717, 1.165) is 22.1 Å². The molecule has 116 valence electrons. The van der Waals surface area contributed by atoms with E-state index in [-0.39, 0.29) is 0 Å². The number of primary amides is 1. The Kier molecular flexibility index (Phi) is 3.35. The maximum Gasteiger partial charge on any atom is 0.252 e. The summed E-state index contributed by atoms with van der Waals surface area (Å²) in [5.41, 5.74) is 9.41. The van der Waals surface area contributed by atoms with E-state index in [1.165, 1.54) is 0 Å². The minimum Gasteiger partial charge on any atom is -0.455 e. The van der Waals surface area contributed by atoms with Gasteiger partial charge in [0.2, 0.25) is 0 Å². The zero-order chi connectivity index (χ0) is 16.5. The van der Waals surface area contributed by atoms with Crippen molar-refractivity contribution in [2.24, 2.45) is 5.73 Å². The number of rotatable bonds is 3. The third-order valence-corrected chi connectivity index (χ3v) is 3.97. The van der Waals surface area contributed by atoms with Gasteiger partial charge in [0.1, 0.15) is 11.3 Å². The van der Waals surface area contributed by atoms with E-state index < -0.39 is 5.91 Å². The summed E-state index contributed by atoms with van der Waals surface area (Å²) in [6.45, 7) is 0. The Bertz CT molecular complexity index is 1020. The van der Waals surface area contributed by atoms with Crippen LogP contribution in [0.1, 0.15) is 10.4 Å². The maximum atomic E-state index is 11.5. The van der Waals surface area contributed by atoms with E-state index in [1.807, 2.05) is 54.7 Å². The van der Waals surface area contributed by atoms with Gasteiger partial charge in [-0.15, -0.1) is 0 Å². The minimum absolute atomic E-state index is 0.394. The molecule has 1 amide bonds. The van der Waals surface area contributed by atoms with Crippen LogP contribution in [0.25, 0.3) is 33.4 Å². The molecule has 0 aliphatic heterocycles. The highest BCUT2D eigenvalue weighted by Crippen LogP contribution is 2.31. The van der Waals surface area contributed by atoms with Crippen LogP contribution in [-0.2, 0) is 0 Å². The number of aromatic nitrogens is 1. The van der Waals surface area contributed by atoms with Crippen molar-refractivity contribution < 1.29 is 9.21 Å². The minimum atomic E-state index is -0.492. The number of hydrogen-bond acceptors (Lipinski definition) is 3. The first-order chi connectivity index (χ1) is 11.7. The van der Waals surface area contributed by atoms with Crippen LogP contribution < -0.4 is 5.73 Å². The summed E-state index contributed by atoms with van der Waals surface area (Å²) < 4.78 is 5.88. The van der Waals surface area contributed by atoms with Gasteiger partial charge in [-0.3, -0.25) is 9.78 Å². The van der Waals surface area contributed by atoms with E-state index in [2.05, 4.69) is 4.98 Å². The molecule has 0 unspecified atom stereocenters. The van der Waals surface area contributed by atoms with Gasteiger partial charge in [-0.1, -0.05) is 42.5 Å². The lowest BCUT2D eigenvalue weighted by atomic mass is 10.0. The molecule has 4 rings (SSSR count). The Hall–Kier alpha value is -3.40. The molecule has 0 spiro atoms. The van der Waals surface area contributed by atoms with Crippen molar-refractivity contribution in [1.29, 1.82) is 0 Å². The quantitative estimate of drug-likeness (QED) is 0.614. The number of furan rings is 1. The number of amides is 1. The van der Waals surface area contributed by atoms with Gasteiger partial charge >= 0.3 is 0 Å². The van der Waals surface area contributed by atoms with E-state index >= 15 is 0 Å². The molecule has 0 fully saturated rings. The Labute approximate surface area is 138 Å². The summed E-state index contributed by atoms with van der Waals surface area (Å²) in [4.78, 5) is 15.7. The van der Waals surface area contributed by atoms with Crippen molar-refractivity contribution >= 4 is 16.9 Å². The number of nitrogens with zero attached hydrogens (tertiary/aromatic N) is 1. The molecular formula is C20H14N2O2. The summed E-state index contributed by atoms with van der Waals surface area (Å²) in [5.74, 6) is 0.213. The number of hydrogen-bond donors (Lipinski definition) is 1. The van der Waals surface area contributed by atoms with Crippen molar-refractivity contribution in [2.45, 2.75) is 0 Å². The molecule has 4 aromatic rings. The van der Waals surface area contributed by atoms with E-state index in [1.54, 1.807) is 18.3 Å². The van der Waals surface area contributed by atoms with Crippen LogP contribution in [0.5, 0.6) is 0 Å². The summed E-state index contributed by atoms with van der Waals surface area (Å²) >= 11 is 0. The predicted octanol–water partition coefficient (Wildman–Crippen LogP) is 4.26. The average molecular weight is 314 g/mol. The molecular weight excluding hydrogens is 300 g/mol. The third kappa shape index (κ3) is 2.44. The van der Waals surface area contributed by atoms with E-state index in [9.17, 15) is 4.79 Å². The second-order valence-electron chi connectivity index (χ2n) is 5.52. The fourth-order valence-electron chi connectivity index (χ4n) is 2.76. The Morgan fingerprint density at radius 2 is 1.71 bits per heavy atom. The number of carbonyl (C=O) groups is 1. The van der Waals surface area contributed by atoms with Gasteiger partial charge in [0.05, 0.1) is 5.56 Å². The Morgan fingerprint density at radius 1 is 0.917 bits per heavy atom. The topological polar surface area (TPSA) is 69.1 Å². The second-order valence-corrected chi connectivity index (χ2v) is 5.52. The molecule has 4 nitrogen and oxygen atoms in total. The number of carbonyl (C=O) groups excluding carboxylic acids is 1. The fourth-order valence-corrected chi connectivity index (χ4v) is 2.76. The van der Waals surface area contributed by atoms with Crippen LogP contribution in [0.15, 0.2) is 77.5 Å². The third-order valence-electron chi connectivity index (χ3n) is 3.97. The van der Waals surface area contributed by atoms with Crippen molar-refractivity contribution in [2.75, 3.05) is 0 Å². The molecule has 0 aliphatic carbocycles. The normalized spacial score (nSPS) is 10.8. The molecule has 0 atom stereocenters. The van der Waals surface area contributed by atoms with Gasteiger partial charge < -0.3 is 10.2 Å². The van der Waals surface area contributed by atoms with Gasteiger partial charge in [0, 0.05) is 23.3 Å². The number of para-hydroxylation sites is 1. The highest BCUT2D eigenvalue weighted by Gasteiger charge is 2.13. The lowest BCUT2D eigenvalue weighted by Crippen LogP contribution is -2.10. The van der Waals surface area contributed by atoms with Crippen LogP contribution in [0, 0.1) is 0 Å². The molecule has 2 aromatic carbocycles.